The molecule has 2 saturated carbocycles. The summed E-state index contributed by atoms with van der Waals surface area (Å²) in [5.74, 6) is 0.833. The summed E-state index contributed by atoms with van der Waals surface area (Å²) in [6.07, 6.45) is 2.50. The highest BCUT2D eigenvalue weighted by molar-refractivity contribution is 8.00. The lowest BCUT2D eigenvalue weighted by Crippen LogP contribution is -2.36. The van der Waals surface area contributed by atoms with Gasteiger partial charge >= 0.3 is 0 Å². The largest absolute Gasteiger partial charge is 0.379 e. The van der Waals surface area contributed by atoms with Crippen LogP contribution in [0.1, 0.15) is 24.0 Å². The van der Waals surface area contributed by atoms with E-state index in [9.17, 15) is 4.39 Å². The molecule has 0 spiro atoms. The van der Waals surface area contributed by atoms with Crippen LogP contribution in [0, 0.1) is 5.92 Å². The molecule has 29 heavy (non-hydrogen) atoms. The summed E-state index contributed by atoms with van der Waals surface area (Å²) in [5, 5.41) is 3.59. The molecule has 4 nitrogen and oxygen atoms in total. The van der Waals surface area contributed by atoms with Crippen LogP contribution < -0.4 is 14.9 Å². The third-order valence-corrected chi connectivity index (χ3v) is 6.97. The molecule has 1 heterocycles. The Morgan fingerprint density at radius 1 is 1.17 bits per heavy atom. The zero-order valence-electron chi connectivity index (χ0n) is 16.4. The van der Waals surface area contributed by atoms with Crippen molar-refractivity contribution in [1.29, 1.82) is 0 Å². The third kappa shape index (κ3) is 3.96. The molecule has 1 saturated heterocycles. The zero-order chi connectivity index (χ0) is 19.8. The highest BCUT2D eigenvalue weighted by Gasteiger charge is 2.70. The van der Waals surface area contributed by atoms with Gasteiger partial charge in [-0.15, -0.1) is 0 Å². The SMILES string of the molecule is C=C(NC12CC1C2)c1ccc(CF)cc1NSc1ccc(N2CCOCC2)cc1. The number of nitrogens with zero attached hydrogens (tertiary/aromatic N) is 1. The second kappa shape index (κ2) is 7.58. The number of halogens is 1. The molecule has 0 aromatic heterocycles. The minimum atomic E-state index is -0.472. The van der Waals surface area contributed by atoms with E-state index in [4.69, 9.17) is 4.74 Å². The quantitative estimate of drug-likeness (QED) is 0.608. The number of benzene rings is 2. The Labute approximate surface area is 175 Å². The normalized spacial score (nSPS) is 24.6. The Balaban J connectivity index is 1.27. The second-order valence-electron chi connectivity index (χ2n) is 8.18. The molecule has 3 aliphatic rings. The summed E-state index contributed by atoms with van der Waals surface area (Å²) < 4.78 is 22.1. The molecule has 2 N–H and O–H groups in total. The van der Waals surface area contributed by atoms with Gasteiger partial charge in [0.15, 0.2) is 0 Å². The highest BCUT2D eigenvalue weighted by atomic mass is 32.2. The molecular weight excluding hydrogens is 385 g/mol. The predicted molar refractivity (Wildman–Crippen MR) is 118 cm³/mol. The Kier molecular flexibility index (Phi) is 4.92. The van der Waals surface area contributed by atoms with Crippen LogP contribution in [-0.2, 0) is 11.4 Å². The number of fused-ring (bicyclic) bond motifs is 1. The average Bonchev–Trinajstić information content (AvgIpc) is 3.63. The summed E-state index contributed by atoms with van der Waals surface area (Å²) in [6.45, 7) is 7.20. The van der Waals surface area contributed by atoms with Gasteiger partial charge in [-0.25, -0.2) is 4.39 Å². The summed E-state index contributed by atoms with van der Waals surface area (Å²) in [5.41, 5.74) is 5.02. The van der Waals surface area contributed by atoms with Crippen LogP contribution in [-0.4, -0.2) is 31.8 Å². The van der Waals surface area contributed by atoms with Gasteiger partial charge in [-0.05, 0) is 66.6 Å². The van der Waals surface area contributed by atoms with Crippen molar-refractivity contribution in [2.45, 2.75) is 30.0 Å². The molecule has 0 bridgehead atoms. The van der Waals surface area contributed by atoms with E-state index in [0.29, 0.717) is 11.1 Å². The number of hydrogen-bond acceptors (Lipinski definition) is 5. The van der Waals surface area contributed by atoms with Crippen molar-refractivity contribution in [1.82, 2.24) is 5.32 Å². The van der Waals surface area contributed by atoms with Gasteiger partial charge in [-0.3, -0.25) is 0 Å². The third-order valence-electron chi connectivity index (χ3n) is 6.14. The summed E-state index contributed by atoms with van der Waals surface area (Å²) in [6, 6.07) is 14.2. The average molecular weight is 412 g/mol. The fraction of sp³-hybridized carbons (Fsp3) is 0.391. The summed E-state index contributed by atoms with van der Waals surface area (Å²) in [4.78, 5) is 3.45. The summed E-state index contributed by atoms with van der Waals surface area (Å²) in [7, 11) is 0. The molecule has 0 amide bonds. The molecule has 1 aliphatic heterocycles. The van der Waals surface area contributed by atoms with Crippen molar-refractivity contribution in [2.24, 2.45) is 5.92 Å². The van der Waals surface area contributed by atoms with Crippen molar-refractivity contribution in [3.05, 3.63) is 60.2 Å². The van der Waals surface area contributed by atoms with Crippen molar-refractivity contribution >= 4 is 29.0 Å². The fourth-order valence-corrected chi connectivity index (χ4v) is 4.63. The number of ether oxygens (including phenoxy) is 1. The maximum atomic E-state index is 13.2. The van der Waals surface area contributed by atoms with Crippen molar-refractivity contribution in [3.63, 3.8) is 0 Å². The van der Waals surface area contributed by atoms with E-state index < -0.39 is 6.67 Å². The van der Waals surface area contributed by atoms with E-state index in [2.05, 4.69) is 45.8 Å². The van der Waals surface area contributed by atoms with E-state index >= 15 is 0 Å². The zero-order valence-corrected chi connectivity index (χ0v) is 17.2. The summed E-state index contributed by atoms with van der Waals surface area (Å²) >= 11 is 1.54. The minimum absolute atomic E-state index is 0.315. The molecule has 3 fully saturated rings. The Morgan fingerprint density at radius 3 is 2.55 bits per heavy atom. The van der Waals surface area contributed by atoms with Crippen LogP contribution in [0.4, 0.5) is 15.8 Å². The molecule has 2 aliphatic carbocycles. The van der Waals surface area contributed by atoms with Crippen LogP contribution in [0.15, 0.2) is 53.9 Å². The lowest BCUT2D eigenvalue weighted by atomic mass is 10.1. The van der Waals surface area contributed by atoms with Gasteiger partial charge in [0.2, 0.25) is 0 Å². The molecule has 2 aromatic rings. The van der Waals surface area contributed by atoms with Crippen LogP contribution >= 0.6 is 11.9 Å². The van der Waals surface area contributed by atoms with Crippen molar-refractivity contribution in [3.8, 4) is 0 Å². The predicted octanol–water partition coefficient (Wildman–Crippen LogP) is 4.83. The molecule has 0 radical (unpaired) electrons. The van der Waals surface area contributed by atoms with Crippen LogP contribution in [0.2, 0.25) is 0 Å². The van der Waals surface area contributed by atoms with Gasteiger partial charge in [0, 0.05) is 40.5 Å². The molecule has 152 valence electrons. The van der Waals surface area contributed by atoms with E-state index in [1.54, 1.807) is 0 Å². The Morgan fingerprint density at radius 2 is 1.90 bits per heavy atom. The van der Waals surface area contributed by atoms with E-state index in [1.165, 1.54) is 30.5 Å². The number of alkyl halides is 1. The standard InChI is InChI=1S/C23H26FN3OS/c1-16(25-23-13-18(23)14-23)21-7-2-17(15-24)12-22(21)26-29-20-5-3-19(4-6-20)27-8-10-28-11-9-27/h2-7,12,18,25-26H,1,8-11,13-15H2. The monoisotopic (exact) mass is 411 g/mol. The lowest BCUT2D eigenvalue weighted by molar-refractivity contribution is 0.122. The number of nitrogens with one attached hydrogen (secondary N) is 2. The number of morpholine rings is 1. The Hall–Kier alpha value is -2.18. The van der Waals surface area contributed by atoms with Crippen molar-refractivity contribution < 1.29 is 9.13 Å². The fourth-order valence-electron chi connectivity index (χ4n) is 3.96. The number of rotatable bonds is 8. The van der Waals surface area contributed by atoms with Crippen molar-refractivity contribution in [2.75, 3.05) is 35.9 Å². The second-order valence-corrected chi connectivity index (χ2v) is 9.06. The van der Waals surface area contributed by atoms with Gasteiger partial charge in [-0.2, -0.15) is 0 Å². The van der Waals surface area contributed by atoms with Crippen LogP contribution in [0.25, 0.3) is 5.70 Å². The van der Waals surface area contributed by atoms with Crippen LogP contribution in [0.3, 0.4) is 0 Å². The molecule has 5 rings (SSSR count). The molecule has 0 unspecified atom stereocenters. The highest BCUT2D eigenvalue weighted by Crippen LogP contribution is 2.67. The van der Waals surface area contributed by atoms with E-state index in [1.807, 2.05) is 18.2 Å². The van der Waals surface area contributed by atoms with Gasteiger partial charge < -0.3 is 19.7 Å². The first-order valence-corrected chi connectivity index (χ1v) is 11.0. The Bertz CT molecular complexity index is 905. The minimum Gasteiger partial charge on any atom is -0.379 e. The van der Waals surface area contributed by atoms with E-state index in [-0.39, 0.29) is 0 Å². The lowest BCUT2D eigenvalue weighted by Gasteiger charge is -2.28. The smallest absolute Gasteiger partial charge is 0.115 e. The first-order chi connectivity index (χ1) is 14.2. The van der Waals surface area contributed by atoms with E-state index in [0.717, 1.165) is 54.1 Å². The molecule has 0 atom stereocenters. The molecule has 6 heteroatoms. The topological polar surface area (TPSA) is 36.5 Å². The van der Waals surface area contributed by atoms with Gasteiger partial charge in [-0.1, -0.05) is 18.7 Å². The van der Waals surface area contributed by atoms with Gasteiger partial charge in [0.05, 0.1) is 18.9 Å². The maximum Gasteiger partial charge on any atom is 0.115 e. The molecular formula is C23H26FN3OS. The van der Waals surface area contributed by atoms with Gasteiger partial charge in [0.1, 0.15) is 6.67 Å². The number of anilines is 2. The number of hydrogen-bond donors (Lipinski definition) is 2. The first-order valence-electron chi connectivity index (χ1n) is 10.2. The van der Waals surface area contributed by atoms with Crippen LogP contribution in [0.5, 0.6) is 0 Å². The maximum absolute atomic E-state index is 13.2. The molecule has 2 aromatic carbocycles. The first kappa shape index (κ1) is 18.8. The van der Waals surface area contributed by atoms with Gasteiger partial charge in [0.25, 0.3) is 0 Å².